The van der Waals surface area contributed by atoms with Gasteiger partial charge in [-0.15, -0.1) is 0 Å². The molecule has 0 aromatic rings. The summed E-state index contributed by atoms with van der Waals surface area (Å²) >= 11 is 0. The Morgan fingerprint density at radius 1 is 1.12 bits per heavy atom. The standard InChI is InChI=1S/C12H22F3NO/c1-4-6-11(3,10-17)8-16(7-5-2)9-12(13,14)15/h10H,4-9H2,1-3H3. The summed E-state index contributed by atoms with van der Waals surface area (Å²) in [5, 5.41) is 0. The van der Waals surface area contributed by atoms with Crippen LogP contribution in [0.5, 0.6) is 0 Å². The van der Waals surface area contributed by atoms with Crippen molar-refractivity contribution in [2.24, 2.45) is 5.41 Å². The molecule has 0 aromatic carbocycles. The quantitative estimate of drug-likeness (QED) is 0.619. The SMILES string of the molecule is CCCN(CC(F)(F)F)CC(C)(C=O)CCC. The lowest BCUT2D eigenvalue weighted by molar-refractivity contribution is -0.150. The number of aldehydes is 1. The highest BCUT2D eigenvalue weighted by atomic mass is 19.4. The van der Waals surface area contributed by atoms with Gasteiger partial charge in [-0.2, -0.15) is 13.2 Å². The highest BCUT2D eigenvalue weighted by molar-refractivity contribution is 5.58. The van der Waals surface area contributed by atoms with E-state index >= 15 is 0 Å². The molecule has 0 fully saturated rings. The zero-order chi connectivity index (χ0) is 13.5. The maximum absolute atomic E-state index is 12.4. The highest BCUT2D eigenvalue weighted by Crippen LogP contribution is 2.24. The van der Waals surface area contributed by atoms with E-state index in [0.29, 0.717) is 19.4 Å². The Balaban J connectivity index is 4.55. The summed E-state index contributed by atoms with van der Waals surface area (Å²) in [7, 11) is 0. The first-order chi connectivity index (χ1) is 7.76. The third-order valence-electron chi connectivity index (χ3n) is 2.63. The zero-order valence-electron chi connectivity index (χ0n) is 10.8. The van der Waals surface area contributed by atoms with Crippen LogP contribution in [-0.4, -0.2) is 37.0 Å². The van der Waals surface area contributed by atoms with Gasteiger partial charge in [0.05, 0.1) is 6.54 Å². The van der Waals surface area contributed by atoms with Gasteiger partial charge in [0.15, 0.2) is 0 Å². The lowest BCUT2D eigenvalue weighted by Crippen LogP contribution is -2.42. The molecule has 102 valence electrons. The summed E-state index contributed by atoms with van der Waals surface area (Å²) < 4.78 is 37.1. The fourth-order valence-corrected chi connectivity index (χ4v) is 2.04. The van der Waals surface area contributed by atoms with E-state index in [1.807, 2.05) is 13.8 Å². The maximum atomic E-state index is 12.4. The van der Waals surface area contributed by atoms with Gasteiger partial charge in [-0.05, 0) is 19.4 Å². The molecule has 1 atom stereocenters. The second-order valence-corrected chi connectivity index (χ2v) is 4.85. The van der Waals surface area contributed by atoms with Gasteiger partial charge < -0.3 is 4.79 Å². The molecule has 0 heterocycles. The third-order valence-corrected chi connectivity index (χ3v) is 2.63. The number of alkyl halides is 3. The van der Waals surface area contributed by atoms with Crippen LogP contribution in [0, 0.1) is 5.41 Å². The van der Waals surface area contributed by atoms with E-state index in [2.05, 4.69) is 0 Å². The van der Waals surface area contributed by atoms with Crippen molar-refractivity contribution in [3.8, 4) is 0 Å². The van der Waals surface area contributed by atoms with E-state index in [1.54, 1.807) is 6.92 Å². The van der Waals surface area contributed by atoms with Gasteiger partial charge in [0.2, 0.25) is 0 Å². The van der Waals surface area contributed by atoms with Crippen LogP contribution in [0.3, 0.4) is 0 Å². The number of carbonyl (C=O) groups is 1. The van der Waals surface area contributed by atoms with Gasteiger partial charge in [0, 0.05) is 12.0 Å². The first-order valence-corrected chi connectivity index (χ1v) is 6.01. The molecule has 0 aliphatic heterocycles. The summed E-state index contributed by atoms with van der Waals surface area (Å²) in [6.45, 7) is 5.10. The summed E-state index contributed by atoms with van der Waals surface area (Å²) in [5.41, 5.74) is -0.671. The van der Waals surface area contributed by atoms with Gasteiger partial charge in [-0.1, -0.05) is 27.2 Å². The van der Waals surface area contributed by atoms with E-state index in [4.69, 9.17) is 0 Å². The van der Waals surface area contributed by atoms with Crippen molar-refractivity contribution in [2.75, 3.05) is 19.6 Å². The van der Waals surface area contributed by atoms with Crippen LogP contribution in [0.25, 0.3) is 0 Å². The normalized spacial score (nSPS) is 15.9. The average Bonchev–Trinajstić information content (AvgIpc) is 2.15. The van der Waals surface area contributed by atoms with Gasteiger partial charge in [-0.25, -0.2) is 0 Å². The van der Waals surface area contributed by atoms with Gasteiger partial charge in [-0.3, -0.25) is 4.90 Å². The molecule has 0 spiro atoms. The molecule has 0 amide bonds. The Morgan fingerprint density at radius 3 is 2.06 bits per heavy atom. The molecule has 0 radical (unpaired) electrons. The van der Waals surface area contributed by atoms with E-state index in [0.717, 1.165) is 12.7 Å². The van der Waals surface area contributed by atoms with Crippen LogP contribution in [0.2, 0.25) is 0 Å². The van der Waals surface area contributed by atoms with Crippen molar-refractivity contribution < 1.29 is 18.0 Å². The molecule has 2 nitrogen and oxygen atoms in total. The molecule has 0 rings (SSSR count). The van der Waals surface area contributed by atoms with Crippen LogP contribution in [0.4, 0.5) is 13.2 Å². The minimum atomic E-state index is -4.20. The number of hydrogen-bond acceptors (Lipinski definition) is 2. The molecule has 0 saturated heterocycles. The van der Waals surface area contributed by atoms with Crippen LogP contribution in [0.15, 0.2) is 0 Å². The van der Waals surface area contributed by atoms with Crippen molar-refractivity contribution in [3.63, 3.8) is 0 Å². The van der Waals surface area contributed by atoms with E-state index in [-0.39, 0.29) is 6.54 Å². The summed E-state index contributed by atoms with van der Waals surface area (Å²) in [6.07, 6.45) is -1.35. The number of carbonyl (C=O) groups excluding carboxylic acids is 1. The third kappa shape index (κ3) is 7.36. The van der Waals surface area contributed by atoms with Gasteiger partial charge >= 0.3 is 6.18 Å². The van der Waals surface area contributed by atoms with E-state index < -0.39 is 18.1 Å². The number of hydrogen-bond donors (Lipinski definition) is 0. The Bertz CT molecular complexity index is 230. The molecule has 0 aromatic heterocycles. The molecule has 0 aliphatic rings. The summed E-state index contributed by atoms with van der Waals surface area (Å²) in [6, 6.07) is 0. The zero-order valence-corrected chi connectivity index (χ0v) is 10.8. The Kier molecular flexibility index (Phi) is 6.75. The van der Waals surface area contributed by atoms with Crippen molar-refractivity contribution in [1.82, 2.24) is 4.90 Å². The van der Waals surface area contributed by atoms with Gasteiger partial charge in [0.1, 0.15) is 6.29 Å². The van der Waals surface area contributed by atoms with Crippen molar-refractivity contribution in [1.29, 1.82) is 0 Å². The Morgan fingerprint density at radius 2 is 1.71 bits per heavy atom. The molecule has 0 bridgehead atoms. The average molecular weight is 253 g/mol. The van der Waals surface area contributed by atoms with Crippen LogP contribution < -0.4 is 0 Å². The van der Waals surface area contributed by atoms with E-state index in [1.165, 1.54) is 4.90 Å². The summed E-state index contributed by atoms with van der Waals surface area (Å²) in [5.74, 6) is 0. The maximum Gasteiger partial charge on any atom is 0.401 e. The lowest BCUT2D eigenvalue weighted by Gasteiger charge is -2.31. The predicted molar refractivity (Wildman–Crippen MR) is 61.9 cm³/mol. The predicted octanol–water partition coefficient (Wildman–Crippen LogP) is 3.27. The number of halogens is 3. The number of nitrogens with zero attached hydrogens (tertiary/aromatic N) is 1. The number of rotatable bonds is 8. The Hall–Kier alpha value is -0.580. The van der Waals surface area contributed by atoms with Gasteiger partial charge in [0.25, 0.3) is 0 Å². The molecule has 0 N–H and O–H groups in total. The molecule has 5 heteroatoms. The van der Waals surface area contributed by atoms with Crippen molar-refractivity contribution in [3.05, 3.63) is 0 Å². The van der Waals surface area contributed by atoms with E-state index in [9.17, 15) is 18.0 Å². The van der Waals surface area contributed by atoms with Crippen LogP contribution in [0.1, 0.15) is 40.0 Å². The molecular formula is C12H22F3NO. The first-order valence-electron chi connectivity index (χ1n) is 6.01. The molecule has 0 aliphatic carbocycles. The van der Waals surface area contributed by atoms with Crippen molar-refractivity contribution >= 4 is 6.29 Å². The van der Waals surface area contributed by atoms with Crippen LogP contribution >= 0.6 is 0 Å². The fraction of sp³-hybridized carbons (Fsp3) is 0.917. The molecule has 1 unspecified atom stereocenters. The highest BCUT2D eigenvalue weighted by Gasteiger charge is 2.34. The minimum Gasteiger partial charge on any atom is -0.303 e. The molecular weight excluding hydrogens is 231 g/mol. The smallest absolute Gasteiger partial charge is 0.303 e. The fourth-order valence-electron chi connectivity index (χ4n) is 2.04. The molecule has 17 heavy (non-hydrogen) atoms. The topological polar surface area (TPSA) is 20.3 Å². The monoisotopic (exact) mass is 253 g/mol. The lowest BCUT2D eigenvalue weighted by atomic mass is 9.86. The summed E-state index contributed by atoms with van der Waals surface area (Å²) in [4.78, 5) is 12.3. The largest absolute Gasteiger partial charge is 0.401 e. The van der Waals surface area contributed by atoms with Crippen LogP contribution in [-0.2, 0) is 4.79 Å². The molecule has 0 saturated carbocycles. The second-order valence-electron chi connectivity index (χ2n) is 4.85. The Labute approximate surface area is 101 Å². The second kappa shape index (κ2) is 6.99. The van der Waals surface area contributed by atoms with Crippen molar-refractivity contribution in [2.45, 2.75) is 46.2 Å². The minimum absolute atomic E-state index is 0.178. The first kappa shape index (κ1) is 16.4.